The van der Waals surface area contributed by atoms with Gasteiger partial charge in [0.25, 0.3) is 5.97 Å². The van der Waals surface area contributed by atoms with Gasteiger partial charge in [-0.3, -0.25) is 0 Å². The first kappa shape index (κ1) is 21.8. The van der Waals surface area contributed by atoms with Gasteiger partial charge in [-0.05, 0) is 19.3 Å². The van der Waals surface area contributed by atoms with E-state index in [1.807, 2.05) is 0 Å². The molecule has 0 aromatic rings. The standard InChI is InChI=1S/C14H29O3.K.H/c1-5-8-11-15-14(4,16-12-9-6-2)17-13-10-7-3;;/h4-13H2,1-3H3;;. The molecule has 105 valence electrons. The normalized spacial score (nSPS) is 11.3. The molecular formula is C14H30KO3. The van der Waals surface area contributed by atoms with Gasteiger partial charge in [-0.1, -0.05) is 40.0 Å². The Kier molecular flexibility index (Phi) is 18.1. The predicted molar refractivity (Wildman–Crippen MR) is 77.8 cm³/mol. The zero-order valence-corrected chi connectivity index (χ0v) is 11.8. The van der Waals surface area contributed by atoms with Gasteiger partial charge >= 0.3 is 51.4 Å². The van der Waals surface area contributed by atoms with Crippen molar-refractivity contribution >= 4 is 51.4 Å². The maximum absolute atomic E-state index is 5.61. The van der Waals surface area contributed by atoms with Crippen LogP contribution in [-0.4, -0.2) is 77.2 Å². The summed E-state index contributed by atoms with van der Waals surface area (Å²) >= 11 is 0. The third-order valence-corrected chi connectivity index (χ3v) is 2.46. The van der Waals surface area contributed by atoms with Crippen LogP contribution >= 0.6 is 0 Å². The average molecular weight is 285 g/mol. The van der Waals surface area contributed by atoms with E-state index in [1.54, 1.807) is 0 Å². The molecule has 3 nitrogen and oxygen atoms in total. The second kappa shape index (κ2) is 14.9. The summed E-state index contributed by atoms with van der Waals surface area (Å²) in [5.74, 6) is -1.10. The van der Waals surface area contributed by atoms with Crippen LogP contribution in [0, 0.1) is 6.92 Å². The molecule has 18 heavy (non-hydrogen) atoms. The van der Waals surface area contributed by atoms with E-state index >= 15 is 0 Å². The van der Waals surface area contributed by atoms with Crippen LogP contribution in [0.5, 0.6) is 0 Å². The molecule has 0 atom stereocenters. The van der Waals surface area contributed by atoms with E-state index < -0.39 is 5.97 Å². The predicted octanol–water partition coefficient (Wildman–Crippen LogP) is 3.28. The Bertz CT molecular complexity index is 139. The summed E-state index contributed by atoms with van der Waals surface area (Å²) in [4.78, 5) is 0. The summed E-state index contributed by atoms with van der Waals surface area (Å²) in [7, 11) is 0. The molecule has 0 saturated carbocycles. The van der Waals surface area contributed by atoms with E-state index in [9.17, 15) is 0 Å². The van der Waals surface area contributed by atoms with E-state index in [2.05, 4.69) is 27.7 Å². The van der Waals surface area contributed by atoms with E-state index in [0.717, 1.165) is 38.5 Å². The Morgan fingerprint density at radius 2 is 1.00 bits per heavy atom. The molecule has 4 heteroatoms. The third kappa shape index (κ3) is 12.5. The van der Waals surface area contributed by atoms with Crippen LogP contribution in [0.2, 0.25) is 0 Å². The molecule has 0 aliphatic carbocycles. The van der Waals surface area contributed by atoms with Crippen molar-refractivity contribution in [1.82, 2.24) is 0 Å². The van der Waals surface area contributed by atoms with E-state index in [-0.39, 0.29) is 51.4 Å². The third-order valence-electron chi connectivity index (χ3n) is 2.46. The minimum absolute atomic E-state index is 0. The zero-order valence-electron chi connectivity index (χ0n) is 11.8. The van der Waals surface area contributed by atoms with Crippen LogP contribution < -0.4 is 0 Å². The Morgan fingerprint density at radius 3 is 1.22 bits per heavy atom. The quantitative estimate of drug-likeness (QED) is 0.313. The SMILES string of the molecule is [CH2]C(OCCCC)(OCCCC)OCCCC.[KH]. The molecule has 0 amide bonds. The number of hydrogen-bond donors (Lipinski definition) is 0. The Morgan fingerprint density at radius 1 is 0.722 bits per heavy atom. The first-order chi connectivity index (χ1) is 8.18. The van der Waals surface area contributed by atoms with Crippen LogP contribution in [-0.2, 0) is 14.2 Å². The fourth-order valence-electron chi connectivity index (χ4n) is 1.24. The molecule has 1 radical (unpaired) electrons. The van der Waals surface area contributed by atoms with Gasteiger partial charge in [-0.25, -0.2) is 0 Å². The van der Waals surface area contributed by atoms with Crippen LogP contribution in [0.15, 0.2) is 0 Å². The van der Waals surface area contributed by atoms with Crippen molar-refractivity contribution in [2.45, 2.75) is 65.3 Å². The minimum atomic E-state index is -1.10. The number of unbranched alkanes of at least 4 members (excludes halogenated alkanes) is 3. The van der Waals surface area contributed by atoms with Gasteiger partial charge < -0.3 is 14.2 Å². The second-order valence-electron chi connectivity index (χ2n) is 4.29. The van der Waals surface area contributed by atoms with Gasteiger partial charge in [-0.15, -0.1) is 0 Å². The molecule has 0 aliphatic heterocycles. The summed E-state index contributed by atoms with van der Waals surface area (Å²) in [5.41, 5.74) is 0. The van der Waals surface area contributed by atoms with Gasteiger partial charge in [0.05, 0.1) is 19.8 Å². The van der Waals surface area contributed by atoms with Crippen molar-refractivity contribution in [2.24, 2.45) is 0 Å². The molecule has 0 aromatic heterocycles. The molecule has 0 fully saturated rings. The van der Waals surface area contributed by atoms with Crippen molar-refractivity contribution in [2.75, 3.05) is 19.8 Å². The van der Waals surface area contributed by atoms with Gasteiger partial charge in [0.1, 0.15) is 0 Å². The van der Waals surface area contributed by atoms with Gasteiger partial charge in [0.15, 0.2) is 0 Å². The topological polar surface area (TPSA) is 27.7 Å². The van der Waals surface area contributed by atoms with Gasteiger partial charge in [-0.2, -0.15) is 0 Å². The van der Waals surface area contributed by atoms with E-state index in [0.29, 0.717) is 19.8 Å². The molecular weight excluding hydrogens is 255 g/mol. The number of ether oxygens (including phenoxy) is 3. The molecule has 0 aromatic carbocycles. The fourth-order valence-corrected chi connectivity index (χ4v) is 1.24. The molecule has 0 N–H and O–H groups in total. The van der Waals surface area contributed by atoms with E-state index in [4.69, 9.17) is 14.2 Å². The molecule has 0 aliphatic rings. The monoisotopic (exact) mass is 285 g/mol. The van der Waals surface area contributed by atoms with Crippen molar-refractivity contribution < 1.29 is 14.2 Å². The number of hydrogen-bond acceptors (Lipinski definition) is 3. The van der Waals surface area contributed by atoms with Crippen molar-refractivity contribution in [3.63, 3.8) is 0 Å². The first-order valence-corrected chi connectivity index (χ1v) is 6.95. The summed E-state index contributed by atoms with van der Waals surface area (Å²) in [6.45, 7) is 12.2. The van der Waals surface area contributed by atoms with Crippen molar-refractivity contribution in [3.8, 4) is 0 Å². The summed E-state index contributed by atoms with van der Waals surface area (Å²) in [6.07, 6.45) is 6.31. The van der Waals surface area contributed by atoms with Crippen LogP contribution in [0.3, 0.4) is 0 Å². The maximum atomic E-state index is 5.61. The first-order valence-electron chi connectivity index (χ1n) is 6.95. The average Bonchev–Trinajstić information content (AvgIpc) is 2.30. The van der Waals surface area contributed by atoms with Crippen molar-refractivity contribution in [1.29, 1.82) is 0 Å². The summed E-state index contributed by atoms with van der Waals surface area (Å²) in [6, 6.07) is 0. The molecule has 0 bridgehead atoms. The van der Waals surface area contributed by atoms with Crippen LogP contribution in [0.1, 0.15) is 59.3 Å². The summed E-state index contributed by atoms with van der Waals surface area (Å²) < 4.78 is 16.8. The van der Waals surface area contributed by atoms with Crippen LogP contribution in [0.25, 0.3) is 0 Å². The Balaban J connectivity index is 0. The van der Waals surface area contributed by atoms with Gasteiger partial charge in [0.2, 0.25) is 0 Å². The van der Waals surface area contributed by atoms with E-state index in [1.165, 1.54) is 0 Å². The van der Waals surface area contributed by atoms with Gasteiger partial charge in [0, 0.05) is 6.92 Å². The van der Waals surface area contributed by atoms with Crippen LogP contribution in [0.4, 0.5) is 0 Å². The molecule has 0 rings (SSSR count). The number of rotatable bonds is 12. The summed E-state index contributed by atoms with van der Waals surface area (Å²) in [5, 5.41) is 0. The van der Waals surface area contributed by atoms with Crippen molar-refractivity contribution in [3.05, 3.63) is 6.92 Å². The molecule has 0 unspecified atom stereocenters. The molecule has 0 spiro atoms. The Hall–Kier alpha value is 1.52. The zero-order chi connectivity index (χ0) is 13.0. The fraction of sp³-hybridized carbons (Fsp3) is 0.929. The second-order valence-corrected chi connectivity index (χ2v) is 4.29. The Labute approximate surface area is 156 Å². The molecule has 0 heterocycles. The molecule has 0 saturated heterocycles.